The van der Waals surface area contributed by atoms with Gasteiger partial charge in [0.15, 0.2) is 0 Å². The molecule has 2 nitrogen and oxygen atoms in total. The van der Waals surface area contributed by atoms with Crippen LogP contribution in [0.5, 0.6) is 0 Å². The molecule has 0 aromatic carbocycles. The van der Waals surface area contributed by atoms with Crippen molar-refractivity contribution in [2.45, 2.75) is 0 Å². The van der Waals surface area contributed by atoms with Gasteiger partial charge in [-0.05, 0) is 0 Å². The van der Waals surface area contributed by atoms with Crippen LogP contribution in [0.2, 0.25) is 0 Å². The summed E-state index contributed by atoms with van der Waals surface area (Å²) in [6, 6.07) is 0. The van der Waals surface area contributed by atoms with E-state index in [4.69, 9.17) is 11.6 Å². The Morgan fingerprint density at radius 2 is 2.10 bits per heavy atom. The van der Waals surface area contributed by atoms with Crippen molar-refractivity contribution in [2.24, 2.45) is 0 Å². The number of aromatic nitrogens is 2. The summed E-state index contributed by atoms with van der Waals surface area (Å²) in [5, 5.41) is 0. The number of hydrogen-bond donors (Lipinski definition) is 0. The summed E-state index contributed by atoms with van der Waals surface area (Å²) in [5.74, 6) is 0.523. The Morgan fingerprint density at radius 1 is 1.40 bits per heavy atom. The molecule has 1 aromatic heterocycles. The molecule has 0 spiro atoms. The average Bonchev–Trinajstić information content (AvgIpc) is 2.03. The molecule has 1 aromatic rings. The van der Waals surface area contributed by atoms with Gasteiger partial charge in [-0.2, -0.15) is 0 Å². The van der Waals surface area contributed by atoms with Crippen molar-refractivity contribution in [1.82, 2.24) is 9.97 Å². The first-order chi connectivity index (χ1) is 4.93. The zero-order chi connectivity index (χ0) is 7.23. The second kappa shape index (κ2) is 4.01. The molecule has 0 saturated heterocycles. The van der Waals surface area contributed by atoms with Gasteiger partial charge in [-0.25, -0.2) is 9.97 Å². The molecule has 3 heteroatoms. The van der Waals surface area contributed by atoms with Gasteiger partial charge in [-0.3, -0.25) is 0 Å². The van der Waals surface area contributed by atoms with Gasteiger partial charge in [0.1, 0.15) is 6.33 Å². The van der Waals surface area contributed by atoms with Gasteiger partial charge in [-0.1, -0.05) is 12.2 Å². The fraction of sp³-hybridized carbons (Fsp3) is 0.143. The first kappa shape index (κ1) is 7.22. The normalized spacial score (nSPS) is 10.5. The minimum atomic E-state index is 0.523. The summed E-state index contributed by atoms with van der Waals surface area (Å²) in [5.41, 5.74) is 0.975. The van der Waals surface area contributed by atoms with E-state index >= 15 is 0 Å². The largest absolute Gasteiger partial charge is 0.244 e. The zero-order valence-electron chi connectivity index (χ0n) is 5.37. The number of hydrogen-bond acceptors (Lipinski definition) is 2. The van der Waals surface area contributed by atoms with E-state index < -0.39 is 0 Å². The smallest absolute Gasteiger partial charge is 0.115 e. The van der Waals surface area contributed by atoms with Crippen LogP contribution in [-0.2, 0) is 0 Å². The van der Waals surface area contributed by atoms with Crippen LogP contribution in [0.4, 0.5) is 0 Å². The Kier molecular flexibility index (Phi) is 2.90. The number of rotatable bonds is 2. The van der Waals surface area contributed by atoms with Gasteiger partial charge in [0, 0.05) is 23.8 Å². The molecule has 0 saturated carbocycles. The average molecular weight is 155 g/mol. The molecule has 0 aliphatic heterocycles. The lowest BCUT2D eigenvalue weighted by atomic mass is 10.3. The number of allylic oxidation sites excluding steroid dienone is 1. The van der Waals surface area contributed by atoms with Gasteiger partial charge < -0.3 is 0 Å². The third kappa shape index (κ3) is 2.15. The van der Waals surface area contributed by atoms with Gasteiger partial charge in [0.2, 0.25) is 0 Å². The highest BCUT2D eigenvalue weighted by Gasteiger charge is 1.81. The van der Waals surface area contributed by atoms with E-state index in [1.54, 1.807) is 12.4 Å². The second-order valence-electron chi connectivity index (χ2n) is 1.73. The van der Waals surface area contributed by atoms with E-state index in [0.717, 1.165) is 5.56 Å². The molecule has 0 aliphatic rings. The van der Waals surface area contributed by atoms with Crippen LogP contribution in [0.1, 0.15) is 5.56 Å². The van der Waals surface area contributed by atoms with E-state index in [-0.39, 0.29) is 0 Å². The molecule has 52 valence electrons. The zero-order valence-corrected chi connectivity index (χ0v) is 6.12. The van der Waals surface area contributed by atoms with Crippen LogP contribution in [0, 0.1) is 0 Å². The molecule has 1 heterocycles. The van der Waals surface area contributed by atoms with Crippen molar-refractivity contribution < 1.29 is 0 Å². The summed E-state index contributed by atoms with van der Waals surface area (Å²) in [7, 11) is 0. The first-order valence-corrected chi connectivity index (χ1v) is 3.44. The van der Waals surface area contributed by atoms with Crippen molar-refractivity contribution in [3.8, 4) is 0 Å². The summed E-state index contributed by atoms with van der Waals surface area (Å²) in [4.78, 5) is 7.66. The van der Waals surface area contributed by atoms with E-state index in [0.29, 0.717) is 5.88 Å². The highest BCUT2D eigenvalue weighted by Crippen LogP contribution is 1.95. The maximum absolute atomic E-state index is 5.42. The van der Waals surface area contributed by atoms with Gasteiger partial charge >= 0.3 is 0 Å². The monoisotopic (exact) mass is 154 g/mol. The van der Waals surface area contributed by atoms with E-state index in [1.807, 2.05) is 12.2 Å². The summed E-state index contributed by atoms with van der Waals surface area (Å²) < 4.78 is 0. The van der Waals surface area contributed by atoms with Crippen LogP contribution >= 0.6 is 11.6 Å². The predicted molar refractivity (Wildman–Crippen MR) is 41.8 cm³/mol. The van der Waals surface area contributed by atoms with E-state index in [1.165, 1.54) is 6.33 Å². The highest BCUT2D eigenvalue weighted by molar-refractivity contribution is 6.19. The van der Waals surface area contributed by atoms with Gasteiger partial charge in [0.25, 0.3) is 0 Å². The molecular formula is C7H7ClN2. The molecule has 0 amide bonds. The summed E-state index contributed by atoms with van der Waals surface area (Å²) in [6.45, 7) is 0. The summed E-state index contributed by atoms with van der Waals surface area (Å²) >= 11 is 5.42. The second-order valence-corrected chi connectivity index (χ2v) is 2.04. The Labute approximate surface area is 64.6 Å². The number of nitrogens with zero attached hydrogens (tertiary/aromatic N) is 2. The quantitative estimate of drug-likeness (QED) is 0.607. The Bertz CT molecular complexity index is 208. The van der Waals surface area contributed by atoms with Crippen molar-refractivity contribution in [3.05, 3.63) is 30.4 Å². The molecule has 0 N–H and O–H groups in total. The SMILES string of the molecule is ClC/C=C/c1cncnc1. The minimum Gasteiger partial charge on any atom is -0.244 e. The van der Waals surface area contributed by atoms with Gasteiger partial charge in [0.05, 0.1) is 0 Å². The fourth-order valence-electron chi connectivity index (χ4n) is 0.577. The van der Waals surface area contributed by atoms with Crippen molar-refractivity contribution in [1.29, 1.82) is 0 Å². The molecule has 10 heavy (non-hydrogen) atoms. The van der Waals surface area contributed by atoms with Crippen LogP contribution < -0.4 is 0 Å². The molecule has 0 unspecified atom stereocenters. The Morgan fingerprint density at radius 3 is 2.70 bits per heavy atom. The molecule has 0 atom stereocenters. The lowest BCUT2D eigenvalue weighted by Gasteiger charge is -1.86. The first-order valence-electron chi connectivity index (χ1n) is 2.91. The van der Waals surface area contributed by atoms with Crippen molar-refractivity contribution in [3.63, 3.8) is 0 Å². The third-order valence-corrected chi connectivity index (χ3v) is 1.16. The van der Waals surface area contributed by atoms with E-state index in [9.17, 15) is 0 Å². The standard InChI is InChI=1S/C7H7ClN2/c8-3-1-2-7-4-9-6-10-5-7/h1-2,4-6H,3H2/b2-1+. The fourth-order valence-corrected chi connectivity index (χ4v) is 0.666. The highest BCUT2D eigenvalue weighted by atomic mass is 35.5. The maximum atomic E-state index is 5.42. The van der Waals surface area contributed by atoms with Crippen molar-refractivity contribution >= 4 is 17.7 Å². The maximum Gasteiger partial charge on any atom is 0.115 e. The Hall–Kier alpha value is -0.890. The third-order valence-electron chi connectivity index (χ3n) is 0.980. The molecule has 0 fully saturated rings. The number of halogens is 1. The van der Waals surface area contributed by atoms with Crippen LogP contribution in [0.3, 0.4) is 0 Å². The Balaban J connectivity index is 2.67. The molecular weight excluding hydrogens is 148 g/mol. The minimum absolute atomic E-state index is 0.523. The molecule has 1 rings (SSSR count). The van der Waals surface area contributed by atoms with Gasteiger partial charge in [-0.15, -0.1) is 11.6 Å². The van der Waals surface area contributed by atoms with E-state index in [2.05, 4.69) is 9.97 Å². The summed E-state index contributed by atoms with van der Waals surface area (Å²) in [6.07, 6.45) is 8.69. The van der Waals surface area contributed by atoms with Crippen molar-refractivity contribution in [2.75, 3.05) is 5.88 Å². The lowest BCUT2D eigenvalue weighted by Crippen LogP contribution is -1.77. The molecule has 0 aliphatic carbocycles. The molecule has 0 radical (unpaired) electrons. The van der Waals surface area contributed by atoms with Crippen LogP contribution in [0.15, 0.2) is 24.8 Å². The van der Waals surface area contributed by atoms with Crippen LogP contribution in [0.25, 0.3) is 6.08 Å². The topological polar surface area (TPSA) is 25.8 Å². The molecule has 0 bridgehead atoms. The number of alkyl halides is 1. The predicted octanol–water partition coefficient (Wildman–Crippen LogP) is 1.73. The van der Waals surface area contributed by atoms with Crippen LogP contribution in [-0.4, -0.2) is 15.8 Å². The lowest BCUT2D eigenvalue weighted by molar-refractivity contribution is 1.16.